The van der Waals surface area contributed by atoms with E-state index in [0.29, 0.717) is 0 Å². The maximum atomic E-state index is 4.01. The van der Waals surface area contributed by atoms with Crippen LogP contribution in [0.5, 0.6) is 0 Å². The van der Waals surface area contributed by atoms with Gasteiger partial charge in [-0.3, -0.25) is 0 Å². The molecule has 0 unspecified atom stereocenters. The summed E-state index contributed by atoms with van der Waals surface area (Å²) < 4.78 is 3.40. The van der Waals surface area contributed by atoms with Crippen LogP contribution >= 0.6 is 31.9 Å². The smallest absolute Gasteiger partial charge is 0.162 e. The molecule has 0 aliphatic rings. The summed E-state index contributed by atoms with van der Waals surface area (Å²) in [6.07, 6.45) is 0. The van der Waals surface area contributed by atoms with Gasteiger partial charge in [0, 0.05) is 0 Å². The van der Waals surface area contributed by atoms with E-state index in [4.69, 9.17) is 0 Å². The molecule has 0 spiro atoms. The highest BCUT2D eigenvalue weighted by molar-refractivity contribution is 9.13. The zero-order chi connectivity index (χ0) is 10.8. The first kappa shape index (κ1) is 10.8. The zero-order valence-electron chi connectivity index (χ0n) is 8.11. The number of hydrogen-bond acceptors (Lipinski definition) is 2. The summed E-state index contributed by atoms with van der Waals surface area (Å²) >= 11 is 6.71. The van der Waals surface area contributed by atoms with Gasteiger partial charge in [0.05, 0.1) is 6.54 Å². The van der Waals surface area contributed by atoms with Crippen LogP contribution in [-0.2, 0) is 6.54 Å². The first-order valence-electron chi connectivity index (χ1n) is 4.47. The van der Waals surface area contributed by atoms with Gasteiger partial charge in [-0.05, 0) is 44.3 Å². The number of hydrogen-bond donors (Lipinski definition) is 0. The molecular formula is C10H9Br2N3. The van der Waals surface area contributed by atoms with Gasteiger partial charge in [-0.2, -0.15) is 0 Å². The molecule has 2 aromatic rings. The minimum atomic E-state index is 0.722. The van der Waals surface area contributed by atoms with Crippen LogP contribution in [0.3, 0.4) is 0 Å². The summed E-state index contributed by atoms with van der Waals surface area (Å²) in [6, 6.07) is 8.37. The van der Waals surface area contributed by atoms with E-state index >= 15 is 0 Å². The third-order valence-corrected chi connectivity index (χ3v) is 3.94. The first-order valence-corrected chi connectivity index (χ1v) is 6.05. The Bertz CT molecular complexity index is 462. The van der Waals surface area contributed by atoms with Crippen molar-refractivity contribution >= 4 is 31.9 Å². The Morgan fingerprint density at radius 1 is 1.20 bits per heavy atom. The Morgan fingerprint density at radius 3 is 2.40 bits per heavy atom. The lowest BCUT2D eigenvalue weighted by Crippen LogP contribution is -2.02. The van der Waals surface area contributed by atoms with E-state index in [1.165, 1.54) is 11.1 Å². The molecule has 0 atom stereocenters. The Labute approximate surface area is 105 Å². The van der Waals surface area contributed by atoms with Crippen molar-refractivity contribution < 1.29 is 0 Å². The minimum Gasteiger partial charge on any atom is -0.233 e. The van der Waals surface area contributed by atoms with Crippen LogP contribution in [0, 0.1) is 6.92 Å². The Hall–Kier alpha value is -0.680. The van der Waals surface area contributed by atoms with Crippen molar-refractivity contribution in [1.29, 1.82) is 0 Å². The van der Waals surface area contributed by atoms with Gasteiger partial charge in [-0.25, -0.2) is 4.68 Å². The molecule has 0 amide bonds. The van der Waals surface area contributed by atoms with Gasteiger partial charge in [-0.1, -0.05) is 35.0 Å². The highest BCUT2D eigenvalue weighted by Crippen LogP contribution is 2.20. The number of nitrogens with zero attached hydrogens (tertiary/aromatic N) is 3. The maximum Gasteiger partial charge on any atom is 0.162 e. The van der Waals surface area contributed by atoms with Gasteiger partial charge in [0.1, 0.15) is 4.60 Å². The molecule has 0 aliphatic carbocycles. The van der Waals surface area contributed by atoms with E-state index in [1.807, 2.05) is 0 Å². The largest absolute Gasteiger partial charge is 0.233 e. The second-order valence-corrected chi connectivity index (χ2v) is 4.82. The van der Waals surface area contributed by atoms with Crippen LogP contribution < -0.4 is 0 Å². The number of halogens is 2. The third-order valence-electron chi connectivity index (χ3n) is 2.09. The summed E-state index contributed by atoms with van der Waals surface area (Å²) in [5.41, 5.74) is 2.47. The molecule has 5 heteroatoms. The summed E-state index contributed by atoms with van der Waals surface area (Å²) in [6.45, 7) is 2.80. The van der Waals surface area contributed by atoms with Crippen LogP contribution in [-0.4, -0.2) is 15.0 Å². The van der Waals surface area contributed by atoms with Crippen LogP contribution in [0.1, 0.15) is 11.1 Å². The lowest BCUT2D eigenvalue weighted by atomic mass is 10.1. The fourth-order valence-electron chi connectivity index (χ4n) is 1.25. The normalized spacial score (nSPS) is 10.6. The Kier molecular flexibility index (Phi) is 3.21. The fraction of sp³-hybridized carbons (Fsp3) is 0.200. The van der Waals surface area contributed by atoms with Crippen molar-refractivity contribution in [1.82, 2.24) is 15.0 Å². The summed E-state index contributed by atoms with van der Waals surface area (Å²) in [4.78, 5) is 0. The standard InChI is InChI=1S/C10H9Br2N3/c1-7-2-4-8(5-3-7)6-15-10(12)9(11)13-14-15/h2-5H,6H2,1H3. The lowest BCUT2D eigenvalue weighted by molar-refractivity contribution is 0.638. The third kappa shape index (κ3) is 2.46. The van der Waals surface area contributed by atoms with Crippen molar-refractivity contribution in [2.75, 3.05) is 0 Å². The molecule has 0 saturated heterocycles. The highest BCUT2D eigenvalue weighted by atomic mass is 79.9. The van der Waals surface area contributed by atoms with Crippen molar-refractivity contribution in [3.05, 3.63) is 44.6 Å². The van der Waals surface area contributed by atoms with Crippen LogP contribution in [0.25, 0.3) is 0 Å². The molecule has 0 saturated carbocycles. The fourth-order valence-corrected chi connectivity index (χ4v) is 1.80. The molecule has 3 nitrogen and oxygen atoms in total. The van der Waals surface area contributed by atoms with Gasteiger partial charge in [-0.15, -0.1) is 5.10 Å². The molecular weight excluding hydrogens is 322 g/mol. The molecule has 2 rings (SSSR count). The van der Waals surface area contributed by atoms with E-state index in [0.717, 1.165) is 15.8 Å². The van der Waals surface area contributed by atoms with Gasteiger partial charge in [0.15, 0.2) is 4.60 Å². The summed E-state index contributed by atoms with van der Waals surface area (Å²) in [5.74, 6) is 0. The predicted octanol–water partition coefficient (Wildman–Crippen LogP) is 3.16. The Morgan fingerprint density at radius 2 is 1.87 bits per heavy atom. The van der Waals surface area contributed by atoms with Crippen LogP contribution in [0.4, 0.5) is 0 Å². The predicted molar refractivity (Wildman–Crippen MR) is 65.7 cm³/mol. The monoisotopic (exact) mass is 329 g/mol. The van der Waals surface area contributed by atoms with Crippen molar-refractivity contribution in [3.8, 4) is 0 Å². The average molecular weight is 331 g/mol. The van der Waals surface area contributed by atoms with Crippen molar-refractivity contribution in [2.24, 2.45) is 0 Å². The summed E-state index contributed by atoms with van der Waals surface area (Å²) in [7, 11) is 0. The van der Waals surface area contributed by atoms with E-state index in [-0.39, 0.29) is 0 Å². The number of aromatic nitrogens is 3. The van der Waals surface area contributed by atoms with E-state index in [1.54, 1.807) is 4.68 Å². The average Bonchev–Trinajstić information content (AvgIpc) is 2.53. The molecule has 78 valence electrons. The number of benzene rings is 1. The van der Waals surface area contributed by atoms with Gasteiger partial charge in [0.25, 0.3) is 0 Å². The zero-order valence-corrected chi connectivity index (χ0v) is 11.3. The molecule has 1 aromatic heterocycles. The van der Waals surface area contributed by atoms with E-state index in [2.05, 4.69) is 73.4 Å². The second kappa shape index (κ2) is 4.45. The molecule has 0 radical (unpaired) electrons. The van der Waals surface area contributed by atoms with Crippen molar-refractivity contribution in [3.63, 3.8) is 0 Å². The van der Waals surface area contributed by atoms with E-state index in [9.17, 15) is 0 Å². The topological polar surface area (TPSA) is 30.7 Å². The van der Waals surface area contributed by atoms with Gasteiger partial charge >= 0.3 is 0 Å². The molecule has 1 heterocycles. The molecule has 0 N–H and O–H groups in total. The van der Waals surface area contributed by atoms with Crippen molar-refractivity contribution in [2.45, 2.75) is 13.5 Å². The first-order chi connectivity index (χ1) is 7.16. The highest BCUT2D eigenvalue weighted by Gasteiger charge is 2.06. The second-order valence-electron chi connectivity index (χ2n) is 3.31. The molecule has 0 fully saturated rings. The van der Waals surface area contributed by atoms with Gasteiger partial charge in [0.2, 0.25) is 0 Å². The molecule has 1 aromatic carbocycles. The molecule has 0 aliphatic heterocycles. The molecule has 0 bridgehead atoms. The lowest BCUT2D eigenvalue weighted by Gasteiger charge is -2.02. The van der Waals surface area contributed by atoms with Gasteiger partial charge < -0.3 is 0 Å². The Balaban J connectivity index is 2.22. The molecule has 15 heavy (non-hydrogen) atoms. The SMILES string of the molecule is Cc1ccc(Cn2nnc(Br)c2Br)cc1. The van der Waals surface area contributed by atoms with E-state index < -0.39 is 0 Å². The number of aryl methyl sites for hydroxylation is 1. The van der Waals surface area contributed by atoms with Crippen LogP contribution in [0.15, 0.2) is 33.5 Å². The quantitative estimate of drug-likeness (QED) is 0.846. The number of rotatable bonds is 2. The van der Waals surface area contributed by atoms with Crippen LogP contribution in [0.2, 0.25) is 0 Å². The maximum absolute atomic E-state index is 4.01. The summed E-state index contributed by atoms with van der Waals surface area (Å²) in [5, 5.41) is 7.92. The minimum absolute atomic E-state index is 0.722.